The highest BCUT2D eigenvalue weighted by Gasteiger charge is 2.32. The third-order valence-electron chi connectivity index (χ3n) is 8.54. The summed E-state index contributed by atoms with van der Waals surface area (Å²) in [6.07, 6.45) is 10.3. The minimum Gasteiger partial charge on any atom is -0.368 e. The summed E-state index contributed by atoms with van der Waals surface area (Å²) >= 11 is 0. The van der Waals surface area contributed by atoms with Crippen LogP contribution in [0.25, 0.3) is 5.57 Å². The van der Waals surface area contributed by atoms with E-state index in [1.807, 2.05) is 0 Å². The second kappa shape index (κ2) is 10.5. The van der Waals surface area contributed by atoms with Crippen molar-refractivity contribution >= 4 is 5.57 Å². The average molecular weight is 487 g/mol. The van der Waals surface area contributed by atoms with Gasteiger partial charge in [-0.3, -0.25) is 0 Å². The molecule has 2 aliphatic carbocycles. The van der Waals surface area contributed by atoms with Gasteiger partial charge in [-0.2, -0.15) is 0 Å². The zero-order chi connectivity index (χ0) is 24.5. The Hall–Kier alpha value is -2.14. The Balaban J connectivity index is 1.17. The second-order valence-corrected chi connectivity index (χ2v) is 10.6. The number of hydrogen-bond donors (Lipinski definition) is 0. The summed E-state index contributed by atoms with van der Waals surface area (Å²) in [4.78, 5) is 0. The van der Waals surface area contributed by atoms with Crippen molar-refractivity contribution in [1.82, 2.24) is 0 Å². The van der Waals surface area contributed by atoms with Crippen LogP contribution < -0.4 is 0 Å². The molecule has 0 amide bonds. The smallest absolute Gasteiger partial charge is 0.166 e. The first-order chi connectivity index (χ1) is 17.0. The number of rotatable bonds is 7. The van der Waals surface area contributed by atoms with E-state index in [1.54, 1.807) is 24.3 Å². The first-order valence-electron chi connectivity index (χ1n) is 13.2. The third-order valence-corrected chi connectivity index (χ3v) is 8.54. The van der Waals surface area contributed by atoms with Crippen LogP contribution in [0, 0.1) is 35.1 Å². The number of benzene rings is 2. The Kier molecular flexibility index (Phi) is 7.34. The Labute approximate surface area is 205 Å². The van der Waals surface area contributed by atoms with Crippen LogP contribution in [0.15, 0.2) is 30.3 Å². The van der Waals surface area contributed by atoms with Crippen molar-refractivity contribution in [3.8, 4) is 0 Å². The number of aryl methyl sites for hydroxylation is 1. The minimum absolute atomic E-state index is 0.000501. The summed E-state index contributed by atoms with van der Waals surface area (Å²) in [5.74, 6) is -1.92. The van der Waals surface area contributed by atoms with Crippen LogP contribution in [0.3, 0.4) is 0 Å². The Morgan fingerprint density at radius 3 is 2.17 bits per heavy atom. The number of halogens is 4. The van der Waals surface area contributed by atoms with E-state index < -0.39 is 23.3 Å². The van der Waals surface area contributed by atoms with Crippen molar-refractivity contribution in [2.75, 3.05) is 6.61 Å². The molecule has 0 N–H and O–H groups in total. The molecule has 1 nitrogen and oxygen atoms in total. The van der Waals surface area contributed by atoms with E-state index in [-0.39, 0.29) is 12.0 Å². The first kappa shape index (κ1) is 24.5. The summed E-state index contributed by atoms with van der Waals surface area (Å²) in [5.41, 5.74) is 2.54. The van der Waals surface area contributed by atoms with Gasteiger partial charge in [-0.15, -0.1) is 0 Å². The molecule has 3 aliphatic rings. The van der Waals surface area contributed by atoms with Gasteiger partial charge in [0.2, 0.25) is 0 Å². The Bertz CT molecular complexity index is 1100. The summed E-state index contributed by atoms with van der Waals surface area (Å²) in [6.45, 7) is 2.62. The maximum atomic E-state index is 14.9. The van der Waals surface area contributed by atoms with E-state index in [1.165, 1.54) is 0 Å². The van der Waals surface area contributed by atoms with Crippen molar-refractivity contribution in [3.63, 3.8) is 0 Å². The van der Waals surface area contributed by atoms with E-state index in [2.05, 4.69) is 13.0 Å². The van der Waals surface area contributed by atoms with Crippen LogP contribution in [0.2, 0.25) is 0 Å². The van der Waals surface area contributed by atoms with Crippen LogP contribution in [0.4, 0.5) is 17.6 Å². The quantitative estimate of drug-likeness (QED) is 0.281. The summed E-state index contributed by atoms with van der Waals surface area (Å²) < 4.78 is 64.0. The van der Waals surface area contributed by atoms with E-state index in [4.69, 9.17) is 4.74 Å². The average Bonchev–Trinajstić information content (AvgIpc) is 3.72. The van der Waals surface area contributed by atoms with Gasteiger partial charge in [-0.05, 0) is 92.2 Å². The monoisotopic (exact) mass is 486 g/mol. The molecule has 5 heteroatoms. The van der Waals surface area contributed by atoms with Crippen molar-refractivity contribution < 1.29 is 22.3 Å². The molecule has 2 atom stereocenters. The number of ether oxygens (including phenoxy) is 1. The van der Waals surface area contributed by atoms with Crippen molar-refractivity contribution in [2.45, 2.75) is 83.2 Å². The van der Waals surface area contributed by atoms with E-state index >= 15 is 0 Å². The molecule has 2 aromatic carbocycles. The normalized spacial score (nSPS) is 26.5. The molecule has 1 saturated heterocycles. The van der Waals surface area contributed by atoms with Gasteiger partial charge < -0.3 is 4.74 Å². The van der Waals surface area contributed by atoms with Gasteiger partial charge in [0.15, 0.2) is 23.3 Å². The van der Waals surface area contributed by atoms with Crippen molar-refractivity contribution in [1.29, 1.82) is 0 Å². The van der Waals surface area contributed by atoms with Gasteiger partial charge in [0.25, 0.3) is 0 Å². The molecule has 1 heterocycles. The van der Waals surface area contributed by atoms with Gasteiger partial charge in [0, 0.05) is 11.1 Å². The molecule has 35 heavy (non-hydrogen) atoms. The Morgan fingerprint density at radius 1 is 0.800 bits per heavy atom. The Morgan fingerprint density at radius 2 is 1.51 bits per heavy atom. The highest BCUT2D eigenvalue weighted by Crippen LogP contribution is 2.41. The largest absolute Gasteiger partial charge is 0.368 e. The highest BCUT2D eigenvalue weighted by atomic mass is 19.2. The molecule has 1 saturated carbocycles. The fraction of sp³-hybridized carbons (Fsp3) is 0.533. The standard InChI is InChI=1S/C30H34F4O/c1-2-18-3-8-20(9-4-18)23-14-13-22(27(31)28(23)32)12-7-19-5-10-21(11-6-19)24-15-16-25(26-17-35-26)30(34)29(24)33/h8,13-16,18-19,21,26H,2-7,9-12,17H2,1H3. The molecule has 2 aromatic rings. The van der Waals surface area contributed by atoms with E-state index in [0.29, 0.717) is 47.1 Å². The molecule has 1 aliphatic heterocycles. The van der Waals surface area contributed by atoms with Crippen LogP contribution in [-0.4, -0.2) is 6.61 Å². The summed E-state index contributed by atoms with van der Waals surface area (Å²) in [5, 5.41) is 0. The lowest BCUT2D eigenvalue weighted by Crippen LogP contribution is -2.16. The van der Waals surface area contributed by atoms with Crippen LogP contribution in [0.5, 0.6) is 0 Å². The van der Waals surface area contributed by atoms with Crippen molar-refractivity contribution in [2.24, 2.45) is 11.8 Å². The lowest BCUT2D eigenvalue weighted by Gasteiger charge is -2.29. The predicted octanol–water partition coefficient (Wildman–Crippen LogP) is 8.81. The van der Waals surface area contributed by atoms with E-state index in [0.717, 1.165) is 63.4 Å². The van der Waals surface area contributed by atoms with E-state index in [9.17, 15) is 17.6 Å². The van der Waals surface area contributed by atoms with Gasteiger partial charge in [-0.1, -0.05) is 43.7 Å². The fourth-order valence-corrected chi connectivity index (χ4v) is 6.03. The van der Waals surface area contributed by atoms with Crippen LogP contribution in [-0.2, 0) is 11.2 Å². The molecule has 0 spiro atoms. The van der Waals surface area contributed by atoms with Gasteiger partial charge in [-0.25, -0.2) is 17.6 Å². The molecular formula is C30H34F4O. The lowest BCUT2D eigenvalue weighted by molar-refractivity contribution is 0.303. The van der Waals surface area contributed by atoms with Gasteiger partial charge in [0.05, 0.1) is 6.61 Å². The molecule has 5 rings (SSSR count). The molecule has 0 radical (unpaired) electrons. The second-order valence-electron chi connectivity index (χ2n) is 10.6. The zero-order valence-corrected chi connectivity index (χ0v) is 20.4. The summed E-state index contributed by atoms with van der Waals surface area (Å²) in [6, 6.07) is 6.86. The lowest BCUT2D eigenvalue weighted by atomic mass is 9.76. The molecule has 188 valence electrons. The van der Waals surface area contributed by atoms with Crippen molar-refractivity contribution in [3.05, 3.63) is 75.9 Å². The molecule has 0 aromatic heterocycles. The van der Waals surface area contributed by atoms with Crippen LogP contribution >= 0.6 is 0 Å². The predicted molar refractivity (Wildman–Crippen MR) is 130 cm³/mol. The molecular weight excluding hydrogens is 452 g/mol. The van der Waals surface area contributed by atoms with Gasteiger partial charge in [0.1, 0.15) is 6.10 Å². The number of allylic oxidation sites excluding steroid dienone is 2. The molecule has 2 unspecified atom stereocenters. The SMILES string of the molecule is CCC1CC=C(c2ccc(CCC3CCC(c4ccc(C5CO5)c(F)c4F)CC3)c(F)c2F)CC1. The topological polar surface area (TPSA) is 12.5 Å². The summed E-state index contributed by atoms with van der Waals surface area (Å²) in [7, 11) is 0. The fourth-order valence-electron chi connectivity index (χ4n) is 6.03. The van der Waals surface area contributed by atoms with Gasteiger partial charge >= 0.3 is 0 Å². The number of hydrogen-bond acceptors (Lipinski definition) is 1. The maximum Gasteiger partial charge on any atom is 0.166 e. The highest BCUT2D eigenvalue weighted by molar-refractivity contribution is 5.67. The zero-order valence-electron chi connectivity index (χ0n) is 20.4. The molecule has 0 bridgehead atoms. The maximum absolute atomic E-state index is 14.9. The first-order valence-corrected chi connectivity index (χ1v) is 13.2. The number of epoxide rings is 1. The molecule has 2 fully saturated rings. The minimum atomic E-state index is -0.776. The van der Waals surface area contributed by atoms with Crippen LogP contribution in [0.1, 0.15) is 99.0 Å². The third kappa shape index (κ3) is 5.21.